The van der Waals surface area contributed by atoms with Crippen molar-refractivity contribution in [1.82, 2.24) is 5.32 Å². The number of alkyl halides is 1. The molecule has 1 N–H and O–H groups in total. The second-order valence-electron chi connectivity index (χ2n) is 2.40. The van der Waals surface area contributed by atoms with Crippen molar-refractivity contribution in [2.75, 3.05) is 17.6 Å². The molecule has 0 atom stereocenters. The predicted octanol–water partition coefficient (Wildman–Crippen LogP) is 1.64. The number of hydrogen-bond acceptors (Lipinski definition) is 2. The fraction of sp³-hybridized carbons (Fsp3) is 0.857. The van der Waals surface area contributed by atoms with E-state index in [4.69, 9.17) is 0 Å². The number of amides is 1. The molecule has 4 heteroatoms. The first-order valence-electron chi connectivity index (χ1n) is 3.61. The van der Waals surface area contributed by atoms with E-state index < -0.39 is 0 Å². The zero-order chi connectivity index (χ0) is 8.69. The summed E-state index contributed by atoms with van der Waals surface area (Å²) in [7, 11) is 0. The summed E-state index contributed by atoms with van der Waals surface area (Å²) < 4.78 is 0. The lowest BCUT2D eigenvalue weighted by Crippen LogP contribution is -2.26. The Hall–Kier alpha value is 0.300. The third-order valence-corrected chi connectivity index (χ3v) is 2.61. The van der Waals surface area contributed by atoms with Crippen LogP contribution in [-0.2, 0) is 4.79 Å². The van der Waals surface area contributed by atoms with E-state index in [1.54, 1.807) is 0 Å². The monoisotopic (exact) mass is 239 g/mol. The number of thioether (sulfide) groups is 1. The molecule has 0 bridgehead atoms. The molecule has 0 saturated heterocycles. The molecule has 0 aliphatic rings. The van der Waals surface area contributed by atoms with Gasteiger partial charge in [-0.3, -0.25) is 4.79 Å². The molecule has 0 aliphatic heterocycles. The van der Waals surface area contributed by atoms with Crippen LogP contribution in [0.25, 0.3) is 0 Å². The smallest absolute Gasteiger partial charge is 0.230 e. The standard InChI is InChI=1S/C7H14BrNOS/c1-6(2)11-4-3-9-7(10)5-8/h6H,3-5H2,1-2H3,(H,9,10). The Balaban J connectivity index is 3.08. The Bertz CT molecular complexity index is 119. The first-order chi connectivity index (χ1) is 5.16. The van der Waals surface area contributed by atoms with Crippen LogP contribution < -0.4 is 5.32 Å². The van der Waals surface area contributed by atoms with Crippen molar-refractivity contribution in [3.63, 3.8) is 0 Å². The van der Waals surface area contributed by atoms with E-state index in [1.807, 2.05) is 11.8 Å². The van der Waals surface area contributed by atoms with E-state index in [0.29, 0.717) is 10.6 Å². The lowest BCUT2D eigenvalue weighted by atomic mass is 10.6. The first kappa shape index (κ1) is 11.3. The van der Waals surface area contributed by atoms with Crippen LogP contribution >= 0.6 is 27.7 Å². The van der Waals surface area contributed by atoms with Crippen LogP contribution in [-0.4, -0.2) is 28.8 Å². The highest BCUT2D eigenvalue weighted by molar-refractivity contribution is 9.09. The van der Waals surface area contributed by atoms with E-state index >= 15 is 0 Å². The fourth-order valence-electron chi connectivity index (χ4n) is 0.532. The second kappa shape index (κ2) is 6.98. The quantitative estimate of drug-likeness (QED) is 0.584. The van der Waals surface area contributed by atoms with Gasteiger partial charge in [-0.2, -0.15) is 11.8 Å². The summed E-state index contributed by atoms with van der Waals surface area (Å²) in [5.41, 5.74) is 0. The molecule has 0 spiro atoms. The average Bonchev–Trinajstić information content (AvgIpc) is 1.97. The van der Waals surface area contributed by atoms with Crippen LogP contribution in [0, 0.1) is 0 Å². The molecule has 66 valence electrons. The Labute approximate surface area is 80.6 Å². The summed E-state index contributed by atoms with van der Waals surface area (Å²) in [5, 5.41) is 3.83. The lowest BCUT2D eigenvalue weighted by molar-refractivity contribution is -0.118. The average molecular weight is 240 g/mol. The highest BCUT2D eigenvalue weighted by atomic mass is 79.9. The molecule has 0 aromatic rings. The van der Waals surface area contributed by atoms with Crippen molar-refractivity contribution in [3.05, 3.63) is 0 Å². The van der Waals surface area contributed by atoms with Crippen molar-refractivity contribution >= 4 is 33.6 Å². The first-order valence-corrected chi connectivity index (χ1v) is 5.78. The number of rotatable bonds is 5. The van der Waals surface area contributed by atoms with Gasteiger partial charge in [0.2, 0.25) is 5.91 Å². The zero-order valence-electron chi connectivity index (χ0n) is 6.89. The maximum absolute atomic E-state index is 10.7. The second-order valence-corrected chi connectivity index (χ2v) is 4.65. The summed E-state index contributed by atoms with van der Waals surface area (Å²) in [6, 6.07) is 0. The molecular weight excluding hydrogens is 226 g/mol. The van der Waals surface area contributed by atoms with Crippen LogP contribution in [0.4, 0.5) is 0 Å². The van der Waals surface area contributed by atoms with Crippen LogP contribution in [0.3, 0.4) is 0 Å². The number of nitrogens with one attached hydrogen (secondary N) is 1. The summed E-state index contributed by atoms with van der Waals surface area (Å²) in [6.07, 6.45) is 0. The van der Waals surface area contributed by atoms with Gasteiger partial charge in [0.15, 0.2) is 0 Å². The van der Waals surface area contributed by atoms with E-state index in [2.05, 4.69) is 35.1 Å². The highest BCUT2D eigenvalue weighted by Gasteiger charge is 1.97. The minimum Gasteiger partial charge on any atom is -0.355 e. The molecule has 0 heterocycles. The molecule has 11 heavy (non-hydrogen) atoms. The van der Waals surface area contributed by atoms with Gasteiger partial charge < -0.3 is 5.32 Å². The molecule has 0 radical (unpaired) electrons. The molecule has 0 aromatic carbocycles. The van der Waals surface area contributed by atoms with Gasteiger partial charge in [-0.05, 0) is 5.25 Å². The number of carbonyl (C=O) groups excluding carboxylic acids is 1. The van der Waals surface area contributed by atoms with Crippen molar-refractivity contribution < 1.29 is 4.79 Å². The molecule has 0 unspecified atom stereocenters. The largest absolute Gasteiger partial charge is 0.355 e. The van der Waals surface area contributed by atoms with Crippen molar-refractivity contribution in [1.29, 1.82) is 0 Å². The van der Waals surface area contributed by atoms with Gasteiger partial charge in [-0.15, -0.1) is 0 Å². The molecule has 0 saturated carbocycles. The minimum atomic E-state index is 0.0642. The van der Waals surface area contributed by atoms with Gasteiger partial charge in [0.25, 0.3) is 0 Å². The SMILES string of the molecule is CC(C)SCCNC(=O)CBr. The van der Waals surface area contributed by atoms with Gasteiger partial charge in [0.05, 0.1) is 5.33 Å². The predicted molar refractivity (Wildman–Crippen MR) is 54.4 cm³/mol. The third-order valence-electron chi connectivity index (χ3n) is 0.997. The lowest BCUT2D eigenvalue weighted by Gasteiger charge is -2.04. The van der Waals surface area contributed by atoms with Crippen LogP contribution in [0.5, 0.6) is 0 Å². The summed E-state index contributed by atoms with van der Waals surface area (Å²) in [4.78, 5) is 10.7. The van der Waals surface area contributed by atoms with Gasteiger partial charge >= 0.3 is 0 Å². The van der Waals surface area contributed by atoms with Gasteiger partial charge in [-0.25, -0.2) is 0 Å². The molecule has 0 aliphatic carbocycles. The number of carbonyl (C=O) groups is 1. The van der Waals surface area contributed by atoms with E-state index in [1.165, 1.54) is 0 Å². The maximum atomic E-state index is 10.7. The summed E-state index contributed by atoms with van der Waals surface area (Å²) >= 11 is 4.93. The number of hydrogen-bond donors (Lipinski definition) is 1. The molecule has 0 rings (SSSR count). The van der Waals surface area contributed by atoms with Crippen molar-refractivity contribution in [2.45, 2.75) is 19.1 Å². The summed E-state index contributed by atoms with van der Waals surface area (Å²) in [5.74, 6) is 1.06. The fourth-order valence-corrected chi connectivity index (χ4v) is 1.42. The normalized spacial score (nSPS) is 10.2. The van der Waals surface area contributed by atoms with E-state index in [9.17, 15) is 4.79 Å². The zero-order valence-corrected chi connectivity index (χ0v) is 9.30. The van der Waals surface area contributed by atoms with Crippen LogP contribution in [0.15, 0.2) is 0 Å². The highest BCUT2D eigenvalue weighted by Crippen LogP contribution is 2.06. The Morgan fingerprint density at radius 2 is 2.27 bits per heavy atom. The van der Waals surface area contributed by atoms with Crippen LogP contribution in [0.1, 0.15) is 13.8 Å². The molecule has 0 aromatic heterocycles. The third kappa shape index (κ3) is 8.20. The van der Waals surface area contributed by atoms with Crippen LogP contribution in [0.2, 0.25) is 0 Å². The molecule has 1 amide bonds. The van der Waals surface area contributed by atoms with E-state index in [-0.39, 0.29) is 5.91 Å². The summed E-state index contributed by atoms with van der Waals surface area (Å²) in [6.45, 7) is 5.07. The van der Waals surface area contributed by atoms with Crippen molar-refractivity contribution in [2.24, 2.45) is 0 Å². The van der Waals surface area contributed by atoms with E-state index in [0.717, 1.165) is 12.3 Å². The maximum Gasteiger partial charge on any atom is 0.230 e. The topological polar surface area (TPSA) is 29.1 Å². The Kier molecular flexibility index (Phi) is 7.17. The number of halogens is 1. The van der Waals surface area contributed by atoms with Crippen molar-refractivity contribution in [3.8, 4) is 0 Å². The Morgan fingerprint density at radius 3 is 2.73 bits per heavy atom. The molecular formula is C7H14BrNOS. The van der Waals surface area contributed by atoms with Gasteiger partial charge in [0.1, 0.15) is 0 Å². The molecule has 0 fully saturated rings. The Morgan fingerprint density at radius 1 is 1.64 bits per heavy atom. The van der Waals surface area contributed by atoms with Gasteiger partial charge in [-0.1, -0.05) is 29.8 Å². The minimum absolute atomic E-state index is 0.0642. The molecule has 2 nitrogen and oxygen atoms in total. The van der Waals surface area contributed by atoms with Gasteiger partial charge in [0, 0.05) is 12.3 Å².